The highest BCUT2D eigenvalue weighted by molar-refractivity contribution is 6.31. The minimum Gasteiger partial charge on any atom is -0.351 e. The van der Waals surface area contributed by atoms with Gasteiger partial charge in [-0.25, -0.2) is 0 Å². The van der Waals surface area contributed by atoms with E-state index in [1.54, 1.807) is 12.1 Å². The van der Waals surface area contributed by atoms with Crippen LogP contribution in [0.2, 0.25) is 5.02 Å². The van der Waals surface area contributed by atoms with Crippen molar-refractivity contribution in [1.82, 2.24) is 15.5 Å². The Morgan fingerprint density at radius 3 is 2.84 bits per heavy atom. The van der Waals surface area contributed by atoms with Gasteiger partial charge in [0.1, 0.15) is 0 Å². The number of benzene rings is 1. The Hall–Kier alpha value is -1.10. The molecule has 1 saturated heterocycles. The highest BCUT2D eigenvalue weighted by Gasteiger charge is 2.10. The standard InChI is InChI=1S/C14H20ClN3O/c1-11-10-12(2-3-13(11)15)14(19)17-6-9-18-7-4-16-5-8-18/h2-3,10,16H,4-9H2,1H3,(H,17,19). The first-order chi connectivity index (χ1) is 9.16. The normalized spacial score (nSPS) is 16.3. The zero-order valence-corrected chi connectivity index (χ0v) is 12.0. The van der Waals surface area contributed by atoms with E-state index in [1.807, 2.05) is 13.0 Å². The fourth-order valence-electron chi connectivity index (χ4n) is 2.15. The molecule has 0 aliphatic carbocycles. The van der Waals surface area contributed by atoms with Gasteiger partial charge in [-0.15, -0.1) is 0 Å². The average molecular weight is 282 g/mol. The summed E-state index contributed by atoms with van der Waals surface area (Å²) in [5, 5.41) is 6.95. The van der Waals surface area contributed by atoms with E-state index in [0.717, 1.165) is 38.3 Å². The van der Waals surface area contributed by atoms with Crippen molar-refractivity contribution in [3.63, 3.8) is 0 Å². The third kappa shape index (κ3) is 4.20. The molecule has 1 aliphatic heterocycles. The Bertz CT molecular complexity index is 444. The zero-order valence-electron chi connectivity index (χ0n) is 11.2. The highest BCUT2D eigenvalue weighted by Crippen LogP contribution is 2.16. The number of amides is 1. The lowest BCUT2D eigenvalue weighted by molar-refractivity contribution is 0.0947. The Kier molecular flexibility index (Phi) is 5.19. The van der Waals surface area contributed by atoms with Crippen LogP contribution in [0.4, 0.5) is 0 Å². The lowest BCUT2D eigenvalue weighted by atomic mass is 10.1. The van der Waals surface area contributed by atoms with E-state index in [0.29, 0.717) is 17.1 Å². The summed E-state index contributed by atoms with van der Waals surface area (Å²) in [5.74, 6) is -0.0325. The molecule has 2 rings (SSSR count). The number of carbonyl (C=O) groups excluding carboxylic acids is 1. The van der Waals surface area contributed by atoms with Crippen LogP contribution in [0.3, 0.4) is 0 Å². The fourth-order valence-corrected chi connectivity index (χ4v) is 2.27. The molecule has 0 saturated carbocycles. The molecule has 1 aromatic rings. The van der Waals surface area contributed by atoms with Gasteiger partial charge in [0.05, 0.1) is 0 Å². The number of hydrogen-bond donors (Lipinski definition) is 2. The van der Waals surface area contributed by atoms with Gasteiger partial charge in [0.25, 0.3) is 5.91 Å². The molecule has 1 heterocycles. The predicted molar refractivity (Wildman–Crippen MR) is 77.8 cm³/mol. The number of hydrogen-bond acceptors (Lipinski definition) is 3. The molecule has 0 bridgehead atoms. The summed E-state index contributed by atoms with van der Waals surface area (Å²) in [4.78, 5) is 14.3. The van der Waals surface area contributed by atoms with Gasteiger partial charge in [0.15, 0.2) is 0 Å². The molecular weight excluding hydrogens is 262 g/mol. The zero-order chi connectivity index (χ0) is 13.7. The molecule has 1 aliphatic rings. The molecule has 5 heteroatoms. The van der Waals surface area contributed by atoms with Crippen LogP contribution in [0.1, 0.15) is 15.9 Å². The summed E-state index contributed by atoms with van der Waals surface area (Å²) >= 11 is 5.95. The lowest BCUT2D eigenvalue weighted by Crippen LogP contribution is -2.46. The minimum absolute atomic E-state index is 0.0325. The van der Waals surface area contributed by atoms with Crippen LogP contribution in [0.25, 0.3) is 0 Å². The maximum absolute atomic E-state index is 12.0. The van der Waals surface area contributed by atoms with Crippen molar-refractivity contribution in [3.05, 3.63) is 34.3 Å². The molecule has 19 heavy (non-hydrogen) atoms. The Labute approximate surface area is 119 Å². The number of halogens is 1. The average Bonchev–Trinajstić information content (AvgIpc) is 2.43. The smallest absolute Gasteiger partial charge is 0.251 e. The lowest BCUT2D eigenvalue weighted by Gasteiger charge is -2.27. The van der Waals surface area contributed by atoms with Crippen LogP contribution in [-0.2, 0) is 0 Å². The first-order valence-corrected chi connectivity index (χ1v) is 7.02. The first-order valence-electron chi connectivity index (χ1n) is 6.64. The summed E-state index contributed by atoms with van der Waals surface area (Å²) in [5.41, 5.74) is 1.60. The van der Waals surface area contributed by atoms with E-state index in [2.05, 4.69) is 15.5 Å². The van der Waals surface area contributed by atoms with Gasteiger partial charge < -0.3 is 10.6 Å². The van der Waals surface area contributed by atoms with Crippen molar-refractivity contribution in [2.45, 2.75) is 6.92 Å². The Morgan fingerprint density at radius 1 is 1.42 bits per heavy atom. The first kappa shape index (κ1) is 14.3. The molecule has 104 valence electrons. The molecule has 4 nitrogen and oxygen atoms in total. The van der Waals surface area contributed by atoms with Crippen LogP contribution in [0.15, 0.2) is 18.2 Å². The molecule has 0 unspecified atom stereocenters. The predicted octanol–water partition coefficient (Wildman–Crippen LogP) is 1.28. The third-order valence-corrected chi connectivity index (χ3v) is 3.77. The molecule has 0 aromatic heterocycles. The van der Waals surface area contributed by atoms with Gasteiger partial charge in [-0.05, 0) is 30.7 Å². The number of piperazine rings is 1. The highest BCUT2D eigenvalue weighted by atomic mass is 35.5. The van der Waals surface area contributed by atoms with Crippen molar-refractivity contribution >= 4 is 17.5 Å². The Morgan fingerprint density at radius 2 is 2.16 bits per heavy atom. The monoisotopic (exact) mass is 281 g/mol. The van der Waals surface area contributed by atoms with Crippen molar-refractivity contribution in [2.24, 2.45) is 0 Å². The quantitative estimate of drug-likeness (QED) is 0.874. The van der Waals surface area contributed by atoms with Crippen molar-refractivity contribution in [1.29, 1.82) is 0 Å². The summed E-state index contributed by atoms with van der Waals surface area (Å²) in [6.07, 6.45) is 0. The van der Waals surface area contributed by atoms with E-state index in [1.165, 1.54) is 0 Å². The topological polar surface area (TPSA) is 44.4 Å². The number of rotatable bonds is 4. The van der Waals surface area contributed by atoms with Crippen LogP contribution < -0.4 is 10.6 Å². The molecular formula is C14H20ClN3O. The van der Waals surface area contributed by atoms with Crippen LogP contribution in [0, 0.1) is 6.92 Å². The summed E-state index contributed by atoms with van der Waals surface area (Å²) < 4.78 is 0. The van der Waals surface area contributed by atoms with E-state index < -0.39 is 0 Å². The van der Waals surface area contributed by atoms with E-state index in [4.69, 9.17) is 11.6 Å². The maximum Gasteiger partial charge on any atom is 0.251 e. The minimum atomic E-state index is -0.0325. The van der Waals surface area contributed by atoms with Crippen molar-refractivity contribution < 1.29 is 4.79 Å². The van der Waals surface area contributed by atoms with E-state index >= 15 is 0 Å². The summed E-state index contributed by atoms with van der Waals surface area (Å²) in [6, 6.07) is 5.35. The van der Waals surface area contributed by atoms with Crippen molar-refractivity contribution in [2.75, 3.05) is 39.3 Å². The van der Waals surface area contributed by atoms with E-state index in [-0.39, 0.29) is 5.91 Å². The molecule has 2 N–H and O–H groups in total. The number of carbonyl (C=O) groups is 1. The van der Waals surface area contributed by atoms with Gasteiger partial charge in [0.2, 0.25) is 0 Å². The van der Waals surface area contributed by atoms with Gasteiger partial charge in [0, 0.05) is 49.9 Å². The molecule has 0 radical (unpaired) electrons. The van der Waals surface area contributed by atoms with E-state index in [9.17, 15) is 4.79 Å². The van der Waals surface area contributed by atoms with Gasteiger partial charge in [-0.1, -0.05) is 11.6 Å². The summed E-state index contributed by atoms with van der Waals surface area (Å²) in [6.45, 7) is 7.65. The van der Waals surface area contributed by atoms with Crippen LogP contribution >= 0.6 is 11.6 Å². The van der Waals surface area contributed by atoms with Gasteiger partial charge in [-0.2, -0.15) is 0 Å². The molecule has 1 fully saturated rings. The second kappa shape index (κ2) is 6.89. The summed E-state index contributed by atoms with van der Waals surface area (Å²) in [7, 11) is 0. The molecule has 1 amide bonds. The largest absolute Gasteiger partial charge is 0.351 e. The number of nitrogens with zero attached hydrogens (tertiary/aromatic N) is 1. The number of nitrogens with one attached hydrogen (secondary N) is 2. The van der Waals surface area contributed by atoms with Gasteiger partial charge >= 0.3 is 0 Å². The van der Waals surface area contributed by atoms with Crippen LogP contribution in [-0.4, -0.2) is 50.1 Å². The van der Waals surface area contributed by atoms with Crippen LogP contribution in [0.5, 0.6) is 0 Å². The molecule has 0 spiro atoms. The second-order valence-corrected chi connectivity index (χ2v) is 5.22. The second-order valence-electron chi connectivity index (χ2n) is 4.81. The molecule has 0 atom stereocenters. The maximum atomic E-state index is 12.0. The fraction of sp³-hybridized carbons (Fsp3) is 0.500. The Balaban J connectivity index is 1.78. The van der Waals surface area contributed by atoms with Crippen molar-refractivity contribution in [3.8, 4) is 0 Å². The molecule has 1 aromatic carbocycles. The number of aryl methyl sites for hydroxylation is 1. The van der Waals surface area contributed by atoms with Gasteiger partial charge in [-0.3, -0.25) is 9.69 Å². The third-order valence-electron chi connectivity index (χ3n) is 3.34. The SMILES string of the molecule is Cc1cc(C(=O)NCCN2CCNCC2)ccc1Cl.